The molecule has 0 aromatic heterocycles. The first-order valence-electron chi connectivity index (χ1n) is 5.70. The molecule has 9 heteroatoms. The molecular weight excluding hydrogens is 358 g/mol. The van der Waals surface area contributed by atoms with E-state index in [2.05, 4.69) is 15.9 Å². The lowest BCUT2D eigenvalue weighted by Crippen LogP contribution is -2.35. The van der Waals surface area contributed by atoms with Crippen molar-refractivity contribution in [3.05, 3.63) is 33.8 Å². The van der Waals surface area contributed by atoms with Crippen LogP contribution in [0.2, 0.25) is 0 Å². The number of carbonyl (C=O) groups is 3. The number of aliphatic carboxylic acids is 1. The van der Waals surface area contributed by atoms with Crippen LogP contribution in [-0.2, 0) is 9.59 Å². The molecule has 4 N–H and O–H groups in total. The Balaban J connectivity index is 3.17. The van der Waals surface area contributed by atoms with E-state index in [1.165, 1.54) is 12.1 Å². The lowest BCUT2D eigenvalue weighted by Gasteiger charge is -2.08. The van der Waals surface area contributed by atoms with Crippen molar-refractivity contribution in [1.82, 2.24) is 5.32 Å². The highest BCUT2D eigenvalue weighted by Gasteiger charge is 2.13. The van der Waals surface area contributed by atoms with Gasteiger partial charge in [-0.05, 0) is 24.3 Å². The number of hydrogen-bond acceptors (Lipinski definition) is 5. The highest BCUT2D eigenvalue weighted by molar-refractivity contribution is 9.10. The monoisotopic (exact) mass is 367 g/mol. The van der Waals surface area contributed by atoms with E-state index in [4.69, 9.17) is 20.8 Å². The predicted octanol–water partition coefficient (Wildman–Crippen LogP) is 1.01. The summed E-state index contributed by atoms with van der Waals surface area (Å²) in [6.45, 7) is -0.585. The summed E-state index contributed by atoms with van der Waals surface area (Å²) in [7, 11) is 0. The van der Waals surface area contributed by atoms with Crippen molar-refractivity contribution >= 4 is 39.9 Å². The Morgan fingerprint density at radius 2 is 2.14 bits per heavy atom. The van der Waals surface area contributed by atoms with Crippen LogP contribution in [0.1, 0.15) is 5.56 Å². The number of amides is 3. The van der Waals surface area contributed by atoms with Crippen molar-refractivity contribution in [3.8, 4) is 11.8 Å². The van der Waals surface area contributed by atoms with Gasteiger partial charge in [-0.15, -0.1) is 0 Å². The van der Waals surface area contributed by atoms with Crippen LogP contribution in [0, 0.1) is 11.3 Å². The number of halogens is 1. The Morgan fingerprint density at radius 1 is 1.45 bits per heavy atom. The number of hydrogen-bond donors (Lipinski definition) is 3. The molecule has 114 valence electrons. The summed E-state index contributed by atoms with van der Waals surface area (Å²) in [5, 5.41) is 19.4. The van der Waals surface area contributed by atoms with Gasteiger partial charge in [0, 0.05) is 10.0 Å². The molecule has 0 bridgehead atoms. The molecule has 1 aromatic carbocycles. The van der Waals surface area contributed by atoms with E-state index in [1.54, 1.807) is 17.5 Å². The largest absolute Gasteiger partial charge is 0.481 e. The summed E-state index contributed by atoms with van der Waals surface area (Å²) >= 11 is 3.21. The fourth-order valence-corrected chi connectivity index (χ4v) is 1.77. The second-order valence-electron chi connectivity index (χ2n) is 3.85. The van der Waals surface area contributed by atoms with Gasteiger partial charge in [-0.1, -0.05) is 15.9 Å². The number of nitriles is 1. The van der Waals surface area contributed by atoms with Crippen molar-refractivity contribution < 1.29 is 24.2 Å². The molecule has 22 heavy (non-hydrogen) atoms. The van der Waals surface area contributed by atoms with Crippen LogP contribution in [0.4, 0.5) is 4.79 Å². The number of carboxylic acid groups (broad SMARTS) is 1. The maximum absolute atomic E-state index is 11.6. The fraction of sp³-hybridized carbons (Fsp3) is 0.0769. The zero-order valence-electron chi connectivity index (χ0n) is 11.0. The summed E-state index contributed by atoms with van der Waals surface area (Å²) in [5.74, 6) is -1.99. The van der Waals surface area contributed by atoms with Gasteiger partial charge < -0.3 is 15.6 Å². The summed E-state index contributed by atoms with van der Waals surface area (Å²) in [4.78, 5) is 32.8. The van der Waals surface area contributed by atoms with Gasteiger partial charge in [0.15, 0.2) is 6.61 Å². The van der Waals surface area contributed by atoms with Crippen LogP contribution in [-0.4, -0.2) is 29.6 Å². The molecule has 0 saturated carbocycles. The van der Waals surface area contributed by atoms with Gasteiger partial charge in [0.25, 0.3) is 5.91 Å². The minimum Gasteiger partial charge on any atom is -0.481 e. The van der Waals surface area contributed by atoms with E-state index in [0.717, 1.165) is 6.08 Å². The molecule has 0 aliphatic rings. The van der Waals surface area contributed by atoms with Crippen molar-refractivity contribution in [3.63, 3.8) is 0 Å². The first-order chi connectivity index (χ1) is 10.3. The summed E-state index contributed by atoms with van der Waals surface area (Å²) in [5.41, 5.74) is 4.70. The van der Waals surface area contributed by atoms with Crippen LogP contribution in [0.5, 0.6) is 5.75 Å². The smallest absolute Gasteiger partial charge is 0.341 e. The number of carboxylic acids is 1. The number of nitrogens with one attached hydrogen (secondary N) is 1. The zero-order chi connectivity index (χ0) is 16.7. The standard InChI is InChI=1S/C13H10BrN3O5/c14-9-1-2-10(22-6-11(18)19)7(4-9)3-8(5-15)12(20)17-13(16)21/h1-4H,6H2,(H,18,19)(H3,16,17,20,21)/b8-3-. The average Bonchev–Trinajstić information content (AvgIpc) is 2.42. The predicted molar refractivity (Wildman–Crippen MR) is 78.6 cm³/mol. The number of imide groups is 1. The molecule has 0 heterocycles. The molecule has 0 radical (unpaired) electrons. The Morgan fingerprint density at radius 3 is 2.68 bits per heavy atom. The van der Waals surface area contributed by atoms with Gasteiger partial charge in [-0.3, -0.25) is 10.1 Å². The van der Waals surface area contributed by atoms with E-state index in [9.17, 15) is 14.4 Å². The number of primary amides is 1. The molecule has 0 aliphatic heterocycles. The lowest BCUT2D eigenvalue weighted by atomic mass is 10.1. The van der Waals surface area contributed by atoms with Crippen LogP contribution in [0.3, 0.4) is 0 Å². The average molecular weight is 368 g/mol. The third-order valence-corrected chi connectivity index (χ3v) is 2.72. The molecule has 0 saturated heterocycles. The third kappa shape index (κ3) is 5.26. The molecule has 1 rings (SSSR count). The second-order valence-corrected chi connectivity index (χ2v) is 4.77. The maximum Gasteiger partial charge on any atom is 0.341 e. The molecule has 0 fully saturated rings. The van der Waals surface area contributed by atoms with Gasteiger partial charge in [0.2, 0.25) is 0 Å². The highest BCUT2D eigenvalue weighted by Crippen LogP contribution is 2.25. The van der Waals surface area contributed by atoms with Gasteiger partial charge in [-0.2, -0.15) is 5.26 Å². The van der Waals surface area contributed by atoms with Crippen LogP contribution >= 0.6 is 15.9 Å². The van der Waals surface area contributed by atoms with Gasteiger partial charge in [0.05, 0.1) is 0 Å². The number of carbonyl (C=O) groups excluding carboxylic acids is 2. The van der Waals surface area contributed by atoms with Crippen LogP contribution in [0.25, 0.3) is 6.08 Å². The molecule has 0 unspecified atom stereocenters. The zero-order valence-corrected chi connectivity index (χ0v) is 12.6. The molecule has 0 atom stereocenters. The summed E-state index contributed by atoms with van der Waals surface area (Å²) < 4.78 is 5.68. The highest BCUT2D eigenvalue weighted by atomic mass is 79.9. The van der Waals surface area contributed by atoms with E-state index >= 15 is 0 Å². The van der Waals surface area contributed by atoms with E-state index in [1.807, 2.05) is 0 Å². The molecular formula is C13H10BrN3O5. The first-order valence-corrected chi connectivity index (χ1v) is 6.49. The van der Waals surface area contributed by atoms with Crippen molar-refractivity contribution in [2.75, 3.05) is 6.61 Å². The SMILES string of the molecule is N#C/C(=C/c1cc(Br)ccc1OCC(=O)O)C(=O)NC(N)=O. The Hall–Kier alpha value is -2.86. The number of benzene rings is 1. The van der Waals surface area contributed by atoms with Crippen molar-refractivity contribution in [2.45, 2.75) is 0 Å². The van der Waals surface area contributed by atoms with E-state index in [0.29, 0.717) is 4.47 Å². The van der Waals surface area contributed by atoms with Crippen LogP contribution in [0.15, 0.2) is 28.2 Å². The molecule has 8 nitrogen and oxygen atoms in total. The third-order valence-electron chi connectivity index (χ3n) is 2.22. The summed E-state index contributed by atoms with van der Waals surface area (Å²) in [6.07, 6.45) is 1.15. The molecule has 1 aromatic rings. The maximum atomic E-state index is 11.6. The minimum atomic E-state index is -1.18. The second kappa shape index (κ2) is 7.80. The fourth-order valence-electron chi connectivity index (χ4n) is 1.39. The Kier molecular flexibility index (Phi) is 6.09. The number of ether oxygens (including phenoxy) is 1. The van der Waals surface area contributed by atoms with Gasteiger partial charge in [0.1, 0.15) is 17.4 Å². The first kappa shape index (κ1) is 17.2. The normalized spacial score (nSPS) is 10.5. The van der Waals surface area contributed by atoms with Gasteiger partial charge >= 0.3 is 12.0 Å². The van der Waals surface area contributed by atoms with E-state index < -0.39 is 30.1 Å². The van der Waals surface area contributed by atoms with Gasteiger partial charge in [-0.25, -0.2) is 9.59 Å². The molecule has 0 spiro atoms. The quantitative estimate of drug-likeness (QED) is 0.523. The Labute approximate surface area is 133 Å². The molecule has 3 amide bonds. The number of nitrogens with zero attached hydrogens (tertiary/aromatic N) is 1. The number of rotatable bonds is 5. The van der Waals surface area contributed by atoms with Crippen molar-refractivity contribution in [2.24, 2.45) is 5.73 Å². The van der Waals surface area contributed by atoms with Crippen molar-refractivity contribution in [1.29, 1.82) is 5.26 Å². The summed E-state index contributed by atoms with van der Waals surface area (Å²) in [6, 6.07) is 5.12. The minimum absolute atomic E-state index is 0.158. The van der Waals surface area contributed by atoms with E-state index in [-0.39, 0.29) is 11.3 Å². The Bertz CT molecular complexity index is 693. The van der Waals surface area contributed by atoms with Crippen LogP contribution < -0.4 is 15.8 Å². The topological polar surface area (TPSA) is 143 Å². The lowest BCUT2D eigenvalue weighted by molar-refractivity contribution is -0.139. The number of urea groups is 1. The number of nitrogens with two attached hydrogens (primary N) is 1. The molecule has 0 aliphatic carbocycles.